The summed E-state index contributed by atoms with van der Waals surface area (Å²) >= 11 is 0. The van der Waals surface area contributed by atoms with Crippen LogP contribution in [0, 0.1) is 0 Å². The minimum atomic E-state index is -0.0832. The molecule has 1 aromatic rings. The van der Waals surface area contributed by atoms with E-state index < -0.39 is 0 Å². The molecule has 0 heterocycles. The fourth-order valence-corrected chi connectivity index (χ4v) is 1.94. The van der Waals surface area contributed by atoms with E-state index in [2.05, 4.69) is 26.8 Å². The molecule has 0 aliphatic carbocycles. The molecule has 1 N–H and O–H groups in total. The average Bonchev–Trinajstić information content (AvgIpc) is 2.38. The predicted octanol–water partition coefficient (Wildman–Crippen LogP) is 3.28. The Labute approximate surface area is 116 Å². The molecule has 108 valence electrons. The summed E-state index contributed by atoms with van der Waals surface area (Å²) < 4.78 is 11.1. The first-order valence-corrected chi connectivity index (χ1v) is 6.82. The molecule has 0 amide bonds. The molecule has 3 nitrogen and oxygen atoms in total. The van der Waals surface area contributed by atoms with Crippen LogP contribution in [-0.4, -0.2) is 24.9 Å². The Morgan fingerprint density at radius 1 is 1.26 bits per heavy atom. The van der Waals surface area contributed by atoms with Crippen molar-refractivity contribution in [1.82, 2.24) is 0 Å². The van der Waals surface area contributed by atoms with Crippen LogP contribution in [0.15, 0.2) is 18.2 Å². The molecule has 0 radical (unpaired) electrons. The van der Waals surface area contributed by atoms with E-state index in [9.17, 15) is 0 Å². The molecule has 1 aromatic carbocycles. The van der Waals surface area contributed by atoms with Gasteiger partial charge in [-0.3, -0.25) is 0 Å². The van der Waals surface area contributed by atoms with Crippen molar-refractivity contribution >= 4 is 0 Å². The van der Waals surface area contributed by atoms with Gasteiger partial charge in [-0.05, 0) is 35.1 Å². The molecule has 0 fully saturated rings. The van der Waals surface area contributed by atoms with Crippen molar-refractivity contribution in [2.75, 3.05) is 13.7 Å². The van der Waals surface area contributed by atoms with Gasteiger partial charge in [0, 0.05) is 0 Å². The predicted molar refractivity (Wildman–Crippen MR) is 77.6 cm³/mol. The Morgan fingerprint density at radius 2 is 1.95 bits per heavy atom. The van der Waals surface area contributed by atoms with Gasteiger partial charge in [-0.2, -0.15) is 0 Å². The second-order valence-electron chi connectivity index (χ2n) is 5.81. The minimum Gasteiger partial charge on any atom is -0.496 e. The highest BCUT2D eigenvalue weighted by atomic mass is 16.5. The lowest BCUT2D eigenvalue weighted by atomic mass is 9.85. The second kappa shape index (κ2) is 6.92. The van der Waals surface area contributed by atoms with Crippen molar-refractivity contribution in [3.63, 3.8) is 0 Å². The number of rotatable bonds is 6. The van der Waals surface area contributed by atoms with Crippen LogP contribution < -0.4 is 4.74 Å². The van der Waals surface area contributed by atoms with Crippen LogP contribution in [0.25, 0.3) is 0 Å². The summed E-state index contributed by atoms with van der Waals surface area (Å²) in [4.78, 5) is 0. The standard InChI is InChI=1S/C16H26O3/c1-6-13(10-17)19-11-12-7-8-15(18-5)14(9-12)16(2,3)4/h7-9,13,17H,6,10-11H2,1-5H3. The smallest absolute Gasteiger partial charge is 0.122 e. The van der Waals surface area contributed by atoms with Crippen molar-refractivity contribution in [3.05, 3.63) is 29.3 Å². The zero-order valence-electron chi connectivity index (χ0n) is 12.7. The Hall–Kier alpha value is -1.06. The lowest BCUT2D eigenvalue weighted by molar-refractivity contribution is 0.000712. The number of methoxy groups -OCH3 is 1. The minimum absolute atomic E-state index is 0.0302. The third-order valence-corrected chi connectivity index (χ3v) is 3.22. The molecule has 0 aromatic heterocycles. The molecule has 3 heteroatoms. The number of aliphatic hydroxyl groups is 1. The Morgan fingerprint density at radius 3 is 2.42 bits per heavy atom. The normalized spacial score (nSPS) is 13.4. The average molecular weight is 266 g/mol. The number of hydrogen-bond donors (Lipinski definition) is 1. The van der Waals surface area contributed by atoms with E-state index in [1.807, 2.05) is 19.1 Å². The highest BCUT2D eigenvalue weighted by Crippen LogP contribution is 2.32. The SMILES string of the molecule is CCC(CO)OCc1ccc(OC)c(C(C)(C)C)c1. The van der Waals surface area contributed by atoms with Crippen LogP contribution >= 0.6 is 0 Å². The van der Waals surface area contributed by atoms with Gasteiger partial charge >= 0.3 is 0 Å². The van der Waals surface area contributed by atoms with Gasteiger partial charge in [0.15, 0.2) is 0 Å². The van der Waals surface area contributed by atoms with E-state index in [-0.39, 0.29) is 18.1 Å². The van der Waals surface area contributed by atoms with Crippen LogP contribution in [0.4, 0.5) is 0 Å². The zero-order valence-corrected chi connectivity index (χ0v) is 12.7. The molecule has 19 heavy (non-hydrogen) atoms. The van der Waals surface area contributed by atoms with E-state index in [1.165, 1.54) is 5.56 Å². The molecule has 0 aliphatic rings. The molecule has 0 bridgehead atoms. The quantitative estimate of drug-likeness (QED) is 0.858. The van der Waals surface area contributed by atoms with Gasteiger partial charge < -0.3 is 14.6 Å². The lowest BCUT2D eigenvalue weighted by Crippen LogP contribution is -2.17. The van der Waals surface area contributed by atoms with E-state index in [0.717, 1.165) is 17.7 Å². The molecule has 0 saturated carbocycles. The van der Waals surface area contributed by atoms with Gasteiger partial charge in [0.05, 0.1) is 26.4 Å². The molecule has 0 aliphatic heterocycles. The van der Waals surface area contributed by atoms with Crippen molar-refractivity contribution in [1.29, 1.82) is 0 Å². The third kappa shape index (κ3) is 4.51. The Balaban J connectivity index is 2.87. The van der Waals surface area contributed by atoms with Gasteiger partial charge in [0.25, 0.3) is 0 Å². The van der Waals surface area contributed by atoms with Gasteiger partial charge in [-0.15, -0.1) is 0 Å². The van der Waals surface area contributed by atoms with Crippen LogP contribution in [0.1, 0.15) is 45.2 Å². The summed E-state index contributed by atoms with van der Waals surface area (Å²) in [5.41, 5.74) is 2.31. The molecule has 0 saturated heterocycles. The van der Waals surface area contributed by atoms with Crippen LogP contribution in [0.2, 0.25) is 0 Å². The van der Waals surface area contributed by atoms with Crippen molar-refractivity contribution < 1.29 is 14.6 Å². The van der Waals surface area contributed by atoms with Crippen molar-refractivity contribution in [2.24, 2.45) is 0 Å². The molecule has 0 spiro atoms. The van der Waals surface area contributed by atoms with E-state index in [0.29, 0.717) is 6.61 Å². The maximum atomic E-state index is 9.13. The lowest BCUT2D eigenvalue weighted by Gasteiger charge is -2.23. The van der Waals surface area contributed by atoms with E-state index >= 15 is 0 Å². The molecule has 1 unspecified atom stereocenters. The highest BCUT2D eigenvalue weighted by Gasteiger charge is 2.19. The van der Waals surface area contributed by atoms with Gasteiger partial charge in [0.1, 0.15) is 5.75 Å². The summed E-state index contributed by atoms with van der Waals surface area (Å²) in [6, 6.07) is 6.13. The first kappa shape index (κ1) is 16.0. The van der Waals surface area contributed by atoms with Crippen LogP contribution in [0.3, 0.4) is 0 Å². The van der Waals surface area contributed by atoms with Gasteiger partial charge in [-0.1, -0.05) is 33.8 Å². The fourth-order valence-electron chi connectivity index (χ4n) is 1.94. The highest BCUT2D eigenvalue weighted by molar-refractivity contribution is 5.41. The first-order chi connectivity index (χ1) is 8.92. The second-order valence-corrected chi connectivity index (χ2v) is 5.81. The van der Waals surface area contributed by atoms with Crippen LogP contribution in [0.5, 0.6) is 5.75 Å². The summed E-state index contributed by atoms with van der Waals surface area (Å²) in [5.74, 6) is 0.908. The van der Waals surface area contributed by atoms with E-state index in [4.69, 9.17) is 14.6 Å². The Bertz CT molecular complexity index is 389. The van der Waals surface area contributed by atoms with Gasteiger partial charge in [-0.25, -0.2) is 0 Å². The maximum absolute atomic E-state index is 9.13. The van der Waals surface area contributed by atoms with Crippen LogP contribution in [-0.2, 0) is 16.8 Å². The van der Waals surface area contributed by atoms with E-state index in [1.54, 1.807) is 7.11 Å². The summed E-state index contributed by atoms with van der Waals surface area (Å²) in [6.45, 7) is 9.09. The van der Waals surface area contributed by atoms with Crippen molar-refractivity contribution in [2.45, 2.75) is 52.2 Å². The molecular weight excluding hydrogens is 240 g/mol. The number of benzene rings is 1. The summed E-state index contributed by atoms with van der Waals surface area (Å²) in [6.07, 6.45) is 0.735. The molecule has 1 atom stereocenters. The van der Waals surface area contributed by atoms with Crippen molar-refractivity contribution in [3.8, 4) is 5.75 Å². The maximum Gasteiger partial charge on any atom is 0.122 e. The zero-order chi connectivity index (χ0) is 14.5. The third-order valence-electron chi connectivity index (χ3n) is 3.22. The van der Waals surface area contributed by atoms with Gasteiger partial charge in [0.2, 0.25) is 0 Å². The summed E-state index contributed by atoms with van der Waals surface area (Å²) in [5, 5.41) is 9.13. The monoisotopic (exact) mass is 266 g/mol. The molecular formula is C16H26O3. The topological polar surface area (TPSA) is 38.7 Å². The largest absolute Gasteiger partial charge is 0.496 e. The summed E-state index contributed by atoms with van der Waals surface area (Å²) in [7, 11) is 1.69. The number of ether oxygens (including phenoxy) is 2. The Kier molecular flexibility index (Phi) is 5.83. The molecule has 1 rings (SSSR count). The fraction of sp³-hybridized carbons (Fsp3) is 0.625. The first-order valence-electron chi connectivity index (χ1n) is 6.82. The number of hydrogen-bond acceptors (Lipinski definition) is 3. The number of aliphatic hydroxyl groups excluding tert-OH is 1.